The number of hydrogen-bond donors (Lipinski definition) is 1. The molecule has 0 atom stereocenters. The molecule has 6 nitrogen and oxygen atoms in total. The number of halogens is 1. The monoisotopic (exact) mass is 346 g/mol. The number of aromatic carboxylic acids is 1. The van der Waals surface area contributed by atoms with Gasteiger partial charge in [-0.2, -0.15) is 4.31 Å². The normalized spacial score (nSPS) is 11.8. The number of rotatable bonds is 5. The van der Waals surface area contributed by atoms with Crippen LogP contribution in [0.2, 0.25) is 5.02 Å². The Balaban J connectivity index is 2.33. The summed E-state index contributed by atoms with van der Waals surface area (Å²) in [5, 5.41) is 9.42. The molecule has 0 saturated heterocycles. The lowest BCUT2D eigenvalue weighted by atomic mass is 10.2. The van der Waals surface area contributed by atoms with Crippen LogP contribution in [0, 0.1) is 0 Å². The predicted molar refractivity (Wildman–Crippen MR) is 79.2 cm³/mol. The smallest absolute Gasteiger partial charge is 0.356 e. The Hall–Kier alpha value is -1.48. The molecule has 0 spiro atoms. The number of sulfonamides is 1. The topological polar surface area (TPSA) is 87.6 Å². The Morgan fingerprint density at radius 1 is 1.43 bits per heavy atom. The van der Waals surface area contributed by atoms with E-state index in [0.717, 1.165) is 15.6 Å². The van der Waals surface area contributed by atoms with E-state index in [-0.39, 0.29) is 10.8 Å². The Morgan fingerprint density at radius 2 is 2.10 bits per heavy atom. The van der Waals surface area contributed by atoms with Gasteiger partial charge in [-0.1, -0.05) is 29.8 Å². The van der Waals surface area contributed by atoms with Crippen molar-refractivity contribution < 1.29 is 18.3 Å². The van der Waals surface area contributed by atoms with E-state index in [1.807, 2.05) is 0 Å². The Labute approximate surface area is 130 Å². The van der Waals surface area contributed by atoms with E-state index in [1.165, 1.54) is 12.6 Å². The van der Waals surface area contributed by atoms with Crippen molar-refractivity contribution in [1.29, 1.82) is 0 Å². The van der Waals surface area contributed by atoms with Crippen LogP contribution >= 0.6 is 22.9 Å². The molecule has 0 aliphatic heterocycles. The summed E-state index contributed by atoms with van der Waals surface area (Å²) < 4.78 is 25.6. The third-order valence-corrected chi connectivity index (χ3v) is 6.25. The van der Waals surface area contributed by atoms with Crippen LogP contribution in [-0.4, -0.2) is 35.8 Å². The van der Waals surface area contributed by atoms with Crippen LogP contribution in [0.25, 0.3) is 0 Å². The summed E-state index contributed by atoms with van der Waals surface area (Å²) in [7, 11) is -2.57. The summed E-state index contributed by atoms with van der Waals surface area (Å²) in [5.41, 5.74) is 1.36. The lowest BCUT2D eigenvalue weighted by Crippen LogP contribution is -2.27. The Morgan fingerprint density at radius 3 is 2.71 bits per heavy atom. The van der Waals surface area contributed by atoms with Crippen molar-refractivity contribution in [3.63, 3.8) is 0 Å². The summed E-state index contributed by atoms with van der Waals surface area (Å²) >= 11 is 6.77. The number of thiazole rings is 1. The lowest BCUT2D eigenvalue weighted by Gasteiger charge is -2.17. The van der Waals surface area contributed by atoms with Gasteiger partial charge in [0.1, 0.15) is 0 Å². The molecule has 0 aliphatic rings. The average Bonchev–Trinajstić information content (AvgIpc) is 2.91. The summed E-state index contributed by atoms with van der Waals surface area (Å²) in [6.07, 6.45) is 0. The maximum atomic E-state index is 12.4. The molecular formula is C12H11ClN2O4S2. The largest absolute Gasteiger partial charge is 0.476 e. The van der Waals surface area contributed by atoms with Crippen molar-refractivity contribution in [3.8, 4) is 0 Å². The summed E-state index contributed by atoms with van der Waals surface area (Å²) in [4.78, 5) is 14.6. The molecule has 1 aromatic carbocycles. The van der Waals surface area contributed by atoms with Crippen LogP contribution in [0.3, 0.4) is 0 Å². The first kappa shape index (κ1) is 15.9. The zero-order chi connectivity index (χ0) is 15.6. The minimum absolute atomic E-state index is 0.0406. The molecule has 0 amide bonds. The van der Waals surface area contributed by atoms with Crippen molar-refractivity contribution in [1.82, 2.24) is 9.29 Å². The van der Waals surface area contributed by atoms with Crippen LogP contribution in [-0.2, 0) is 16.6 Å². The fraction of sp³-hybridized carbons (Fsp3) is 0.167. The number of nitrogens with zero attached hydrogens (tertiary/aromatic N) is 2. The molecule has 2 aromatic rings. The van der Waals surface area contributed by atoms with E-state index in [2.05, 4.69) is 4.98 Å². The predicted octanol–water partition coefficient (Wildman–Crippen LogP) is 2.32. The first-order valence-electron chi connectivity index (χ1n) is 5.70. The minimum Gasteiger partial charge on any atom is -0.476 e. The number of carbonyl (C=O) groups is 1. The second kappa shape index (κ2) is 6.10. The molecule has 1 heterocycles. The Kier molecular flexibility index (Phi) is 4.62. The number of benzene rings is 1. The first-order valence-corrected chi connectivity index (χ1v) is 8.40. The van der Waals surface area contributed by atoms with Crippen LogP contribution in [0.15, 0.2) is 34.0 Å². The fourth-order valence-corrected chi connectivity index (χ4v) is 4.33. The van der Waals surface area contributed by atoms with Crippen molar-refractivity contribution in [2.75, 3.05) is 7.05 Å². The number of carboxylic acid groups (broad SMARTS) is 1. The molecule has 0 saturated carbocycles. The highest BCUT2D eigenvalue weighted by molar-refractivity contribution is 7.91. The molecule has 9 heteroatoms. The van der Waals surface area contributed by atoms with E-state index >= 15 is 0 Å². The maximum Gasteiger partial charge on any atom is 0.356 e. The van der Waals surface area contributed by atoms with Crippen LogP contribution < -0.4 is 0 Å². The molecule has 0 radical (unpaired) electrons. The zero-order valence-corrected chi connectivity index (χ0v) is 13.2. The highest BCUT2D eigenvalue weighted by atomic mass is 35.5. The second-order valence-corrected chi connectivity index (χ2v) is 7.65. The number of aromatic nitrogens is 1. The molecule has 0 fully saturated rings. The van der Waals surface area contributed by atoms with Gasteiger partial charge in [-0.05, 0) is 11.6 Å². The highest BCUT2D eigenvalue weighted by Gasteiger charge is 2.29. The minimum atomic E-state index is -3.94. The van der Waals surface area contributed by atoms with Crippen molar-refractivity contribution >= 4 is 38.9 Å². The molecule has 2 rings (SSSR count). The third kappa shape index (κ3) is 3.24. The molecule has 1 N–H and O–H groups in total. The van der Waals surface area contributed by atoms with Crippen molar-refractivity contribution in [2.45, 2.75) is 10.8 Å². The Bertz CT molecular complexity index is 773. The molecule has 0 unspecified atom stereocenters. The van der Waals surface area contributed by atoms with Gasteiger partial charge in [0.15, 0.2) is 9.90 Å². The third-order valence-electron chi connectivity index (χ3n) is 2.73. The van der Waals surface area contributed by atoms with Crippen LogP contribution in [0.1, 0.15) is 16.1 Å². The summed E-state index contributed by atoms with van der Waals surface area (Å²) in [6.45, 7) is 0.0406. The van der Waals surface area contributed by atoms with Crippen LogP contribution in [0.4, 0.5) is 0 Å². The van der Waals surface area contributed by atoms with Gasteiger partial charge in [0.2, 0.25) is 0 Å². The molecule has 1 aromatic heterocycles. The van der Waals surface area contributed by atoms with E-state index in [1.54, 1.807) is 24.3 Å². The summed E-state index contributed by atoms with van der Waals surface area (Å²) in [5.74, 6) is -1.37. The van der Waals surface area contributed by atoms with Gasteiger partial charge >= 0.3 is 5.97 Å². The molecule has 0 bridgehead atoms. The van der Waals surface area contributed by atoms with E-state index in [9.17, 15) is 13.2 Å². The van der Waals surface area contributed by atoms with Crippen LogP contribution in [0.5, 0.6) is 0 Å². The average molecular weight is 347 g/mol. The standard InChI is InChI=1S/C12H11ClN2O4S2/c1-15(6-8-4-2-3-5-9(8)13)21(18,19)12-10(11(16)17)14-7-20-12/h2-5,7H,6H2,1H3,(H,16,17). The first-order chi connectivity index (χ1) is 9.84. The van der Waals surface area contributed by atoms with Gasteiger partial charge < -0.3 is 5.11 Å². The van der Waals surface area contributed by atoms with E-state index < -0.39 is 21.7 Å². The van der Waals surface area contributed by atoms with Gasteiger partial charge in [-0.3, -0.25) is 0 Å². The second-order valence-electron chi connectivity index (χ2n) is 4.15. The van der Waals surface area contributed by atoms with Gasteiger partial charge in [0.25, 0.3) is 10.0 Å². The van der Waals surface area contributed by atoms with Crippen molar-refractivity contribution in [2.24, 2.45) is 0 Å². The quantitative estimate of drug-likeness (QED) is 0.897. The molecule has 112 valence electrons. The lowest BCUT2D eigenvalue weighted by molar-refractivity contribution is 0.0687. The highest BCUT2D eigenvalue weighted by Crippen LogP contribution is 2.26. The summed E-state index contributed by atoms with van der Waals surface area (Å²) in [6, 6.07) is 6.86. The zero-order valence-electron chi connectivity index (χ0n) is 10.9. The number of carboxylic acids is 1. The van der Waals surface area contributed by atoms with Gasteiger partial charge in [-0.25, -0.2) is 18.2 Å². The molecular weight excluding hydrogens is 336 g/mol. The number of hydrogen-bond acceptors (Lipinski definition) is 5. The maximum absolute atomic E-state index is 12.4. The SMILES string of the molecule is CN(Cc1ccccc1Cl)S(=O)(=O)c1scnc1C(=O)O. The van der Waals surface area contributed by atoms with Gasteiger partial charge in [0, 0.05) is 18.6 Å². The van der Waals surface area contributed by atoms with Crippen molar-refractivity contribution in [3.05, 3.63) is 46.1 Å². The molecule has 21 heavy (non-hydrogen) atoms. The van der Waals surface area contributed by atoms with E-state index in [0.29, 0.717) is 10.6 Å². The van der Waals surface area contributed by atoms with E-state index in [4.69, 9.17) is 16.7 Å². The van der Waals surface area contributed by atoms with Gasteiger partial charge in [0.05, 0.1) is 5.51 Å². The molecule has 0 aliphatic carbocycles. The fourth-order valence-electron chi connectivity index (χ4n) is 1.65. The van der Waals surface area contributed by atoms with Gasteiger partial charge in [-0.15, -0.1) is 11.3 Å².